The van der Waals surface area contributed by atoms with Gasteiger partial charge in [0.15, 0.2) is 11.5 Å². The first-order valence-corrected chi connectivity index (χ1v) is 9.27. The summed E-state index contributed by atoms with van der Waals surface area (Å²) in [7, 11) is 3.48. The Bertz CT molecular complexity index is 880. The Balaban J connectivity index is 2.03. The van der Waals surface area contributed by atoms with Crippen LogP contribution in [0.1, 0.15) is 25.0 Å². The smallest absolute Gasteiger partial charge is 0.241 e. The van der Waals surface area contributed by atoms with E-state index >= 15 is 0 Å². The molecule has 28 heavy (non-hydrogen) atoms. The quantitative estimate of drug-likeness (QED) is 0.721. The molecule has 0 unspecified atom stereocenters. The van der Waals surface area contributed by atoms with E-state index in [0.29, 0.717) is 40.9 Å². The first-order valence-electron chi connectivity index (χ1n) is 8.90. The van der Waals surface area contributed by atoms with Gasteiger partial charge in [0, 0.05) is 12.2 Å². The highest BCUT2D eigenvalue weighted by atomic mass is 35.5. The summed E-state index contributed by atoms with van der Waals surface area (Å²) in [5.41, 5.74) is 1.93. The number of anilines is 1. The molecule has 0 saturated carbocycles. The molecule has 0 bridgehead atoms. The Morgan fingerprint density at radius 2 is 2.04 bits per heavy atom. The molecule has 0 heterocycles. The summed E-state index contributed by atoms with van der Waals surface area (Å²) < 4.78 is 10.9. The standard InChI is InChI=1S/C21H24ClN3O3/c1-5-28-19-9-6-15(10-20(19)27-4)13-25(3)14(2)21(26)24-17-8-7-16(12-23)18(22)11-17/h6-11,14H,5,13H2,1-4H3,(H,24,26)/t14-/m0/s1. The summed E-state index contributed by atoms with van der Waals surface area (Å²) in [6.45, 7) is 4.87. The number of ether oxygens (including phenoxy) is 2. The van der Waals surface area contributed by atoms with E-state index in [1.165, 1.54) is 0 Å². The number of halogens is 1. The number of nitriles is 1. The number of nitrogens with one attached hydrogen (secondary N) is 1. The summed E-state index contributed by atoms with van der Waals surface area (Å²) in [6, 6.07) is 12.2. The second-order valence-electron chi connectivity index (χ2n) is 6.30. The van der Waals surface area contributed by atoms with Crippen LogP contribution in [0, 0.1) is 11.3 Å². The minimum Gasteiger partial charge on any atom is -0.493 e. The van der Waals surface area contributed by atoms with Crippen molar-refractivity contribution in [3.8, 4) is 17.6 Å². The first kappa shape index (κ1) is 21.5. The van der Waals surface area contributed by atoms with Gasteiger partial charge in [0.2, 0.25) is 5.91 Å². The van der Waals surface area contributed by atoms with Crippen molar-refractivity contribution in [1.82, 2.24) is 4.90 Å². The van der Waals surface area contributed by atoms with E-state index in [9.17, 15) is 4.79 Å². The topological polar surface area (TPSA) is 74.6 Å². The normalized spacial score (nSPS) is 11.6. The summed E-state index contributed by atoms with van der Waals surface area (Å²) in [6.07, 6.45) is 0. The van der Waals surface area contributed by atoms with Gasteiger partial charge in [0.25, 0.3) is 0 Å². The minimum atomic E-state index is -0.382. The molecule has 148 valence electrons. The number of hydrogen-bond acceptors (Lipinski definition) is 5. The summed E-state index contributed by atoms with van der Waals surface area (Å²) in [4.78, 5) is 14.5. The second-order valence-corrected chi connectivity index (χ2v) is 6.71. The van der Waals surface area contributed by atoms with E-state index in [-0.39, 0.29) is 11.9 Å². The molecular formula is C21H24ClN3O3. The van der Waals surface area contributed by atoms with Crippen LogP contribution in [0.15, 0.2) is 36.4 Å². The SMILES string of the molecule is CCOc1ccc(CN(C)[C@@H](C)C(=O)Nc2ccc(C#N)c(Cl)c2)cc1OC. The lowest BCUT2D eigenvalue weighted by Crippen LogP contribution is -2.39. The molecule has 0 aromatic heterocycles. The van der Waals surface area contributed by atoms with E-state index in [2.05, 4.69) is 5.32 Å². The van der Waals surface area contributed by atoms with Crippen LogP contribution < -0.4 is 14.8 Å². The molecule has 7 heteroatoms. The number of nitrogens with zero attached hydrogens (tertiary/aromatic N) is 2. The zero-order chi connectivity index (χ0) is 20.7. The molecule has 1 amide bonds. The molecule has 1 atom stereocenters. The second kappa shape index (κ2) is 9.98. The van der Waals surface area contributed by atoms with Crippen LogP contribution in [0.2, 0.25) is 5.02 Å². The Labute approximate surface area is 170 Å². The molecule has 2 aromatic rings. The number of rotatable bonds is 8. The molecule has 0 saturated heterocycles. The lowest BCUT2D eigenvalue weighted by molar-refractivity contribution is -0.120. The van der Waals surface area contributed by atoms with Crippen molar-refractivity contribution in [3.05, 3.63) is 52.5 Å². The summed E-state index contributed by atoms with van der Waals surface area (Å²) in [5, 5.41) is 12.1. The summed E-state index contributed by atoms with van der Waals surface area (Å²) >= 11 is 6.02. The molecule has 2 aromatic carbocycles. The van der Waals surface area contributed by atoms with Gasteiger partial charge < -0.3 is 14.8 Å². The molecule has 0 aliphatic carbocycles. The number of carbonyl (C=O) groups is 1. The van der Waals surface area contributed by atoms with Crippen LogP contribution in [0.5, 0.6) is 11.5 Å². The average Bonchev–Trinajstić information content (AvgIpc) is 2.68. The largest absolute Gasteiger partial charge is 0.493 e. The van der Waals surface area contributed by atoms with Gasteiger partial charge in [0.1, 0.15) is 6.07 Å². The third kappa shape index (κ3) is 5.38. The lowest BCUT2D eigenvalue weighted by Gasteiger charge is -2.24. The molecule has 0 radical (unpaired) electrons. The van der Waals surface area contributed by atoms with Gasteiger partial charge in [-0.05, 0) is 56.8 Å². The number of likely N-dealkylation sites (N-methyl/N-ethyl adjacent to an activating group) is 1. The average molecular weight is 402 g/mol. The molecule has 1 N–H and O–H groups in total. The number of hydrogen-bond donors (Lipinski definition) is 1. The van der Waals surface area contributed by atoms with Crippen molar-refractivity contribution in [2.45, 2.75) is 26.4 Å². The third-order valence-electron chi connectivity index (χ3n) is 4.36. The van der Waals surface area contributed by atoms with Gasteiger partial charge in [-0.1, -0.05) is 17.7 Å². The maximum Gasteiger partial charge on any atom is 0.241 e. The molecule has 2 rings (SSSR count). The number of amides is 1. The fourth-order valence-electron chi connectivity index (χ4n) is 2.64. The van der Waals surface area contributed by atoms with Crippen molar-refractivity contribution in [2.24, 2.45) is 0 Å². The molecular weight excluding hydrogens is 378 g/mol. The van der Waals surface area contributed by atoms with Crippen molar-refractivity contribution in [1.29, 1.82) is 5.26 Å². The van der Waals surface area contributed by atoms with E-state index < -0.39 is 0 Å². The Kier molecular flexibility index (Phi) is 7.68. The number of benzene rings is 2. The molecule has 0 spiro atoms. The van der Waals surface area contributed by atoms with E-state index in [4.69, 9.17) is 26.3 Å². The van der Waals surface area contributed by atoms with Crippen molar-refractivity contribution < 1.29 is 14.3 Å². The van der Waals surface area contributed by atoms with Crippen molar-refractivity contribution in [3.63, 3.8) is 0 Å². The minimum absolute atomic E-state index is 0.166. The zero-order valence-corrected chi connectivity index (χ0v) is 17.2. The zero-order valence-electron chi connectivity index (χ0n) is 16.5. The van der Waals surface area contributed by atoms with Gasteiger partial charge in [-0.15, -0.1) is 0 Å². The fourth-order valence-corrected chi connectivity index (χ4v) is 2.86. The predicted octanol–water partition coefficient (Wildman–Crippen LogP) is 4.08. The Morgan fingerprint density at radius 1 is 1.29 bits per heavy atom. The molecule has 6 nitrogen and oxygen atoms in total. The van der Waals surface area contributed by atoms with Gasteiger partial charge >= 0.3 is 0 Å². The van der Waals surface area contributed by atoms with Crippen LogP contribution >= 0.6 is 11.6 Å². The Hall–Kier alpha value is -2.75. The maximum absolute atomic E-state index is 12.6. The van der Waals surface area contributed by atoms with Crippen molar-refractivity contribution >= 4 is 23.2 Å². The predicted molar refractivity (Wildman–Crippen MR) is 110 cm³/mol. The first-order chi connectivity index (χ1) is 13.4. The highest BCUT2D eigenvalue weighted by Gasteiger charge is 2.19. The third-order valence-corrected chi connectivity index (χ3v) is 4.67. The lowest BCUT2D eigenvalue weighted by atomic mass is 10.1. The van der Waals surface area contributed by atoms with Crippen LogP contribution in [-0.2, 0) is 11.3 Å². The van der Waals surface area contributed by atoms with E-state index in [0.717, 1.165) is 5.56 Å². The fraction of sp³-hybridized carbons (Fsp3) is 0.333. The van der Waals surface area contributed by atoms with Crippen LogP contribution in [0.4, 0.5) is 5.69 Å². The van der Waals surface area contributed by atoms with Gasteiger partial charge in [-0.3, -0.25) is 9.69 Å². The van der Waals surface area contributed by atoms with Crippen LogP contribution in [0.3, 0.4) is 0 Å². The van der Waals surface area contributed by atoms with Gasteiger partial charge in [-0.2, -0.15) is 5.26 Å². The molecule has 0 aliphatic rings. The van der Waals surface area contributed by atoms with Crippen molar-refractivity contribution in [2.75, 3.05) is 26.1 Å². The Morgan fingerprint density at radius 3 is 2.64 bits per heavy atom. The highest BCUT2D eigenvalue weighted by Crippen LogP contribution is 2.28. The monoisotopic (exact) mass is 401 g/mol. The van der Waals surface area contributed by atoms with Crippen LogP contribution in [0.25, 0.3) is 0 Å². The number of methoxy groups -OCH3 is 1. The van der Waals surface area contributed by atoms with Gasteiger partial charge in [0.05, 0.1) is 30.3 Å². The van der Waals surface area contributed by atoms with E-state index in [1.54, 1.807) is 25.3 Å². The molecule has 0 fully saturated rings. The van der Waals surface area contributed by atoms with E-state index in [1.807, 2.05) is 50.1 Å². The highest BCUT2D eigenvalue weighted by molar-refractivity contribution is 6.32. The number of carbonyl (C=O) groups excluding carboxylic acids is 1. The molecule has 0 aliphatic heterocycles. The maximum atomic E-state index is 12.6. The van der Waals surface area contributed by atoms with Crippen LogP contribution in [-0.4, -0.2) is 37.6 Å². The van der Waals surface area contributed by atoms with Gasteiger partial charge in [-0.25, -0.2) is 0 Å². The summed E-state index contributed by atoms with van der Waals surface area (Å²) in [5.74, 6) is 1.19.